The first-order valence-electron chi connectivity index (χ1n) is 9.15. The van der Waals surface area contributed by atoms with Gasteiger partial charge in [-0.05, 0) is 59.4 Å². The van der Waals surface area contributed by atoms with Crippen LogP contribution in [0.3, 0.4) is 0 Å². The van der Waals surface area contributed by atoms with Crippen LogP contribution >= 0.6 is 23.8 Å². The van der Waals surface area contributed by atoms with Crippen LogP contribution < -0.4 is 10.6 Å². The van der Waals surface area contributed by atoms with E-state index < -0.39 is 0 Å². The molecule has 150 valence electrons. The van der Waals surface area contributed by atoms with E-state index >= 15 is 0 Å². The fourth-order valence-corrected chi connectivity index (χ4v) is 3.64. The van der Waals surface area contributed by atoms with Gasteiger partial charge in [-0.3, -0.25) is 10.1 Å². The van der Waals surface area contributed by atoms with Gasteiger partial charge in [-0.25, -0.2) is 0 Å². The normalized spacial score (nSPS) is 10.7. The lowest BCUT2D eigenvalue weighted by Crippen LogP contribution is -2.34. The molecule has 0 radical (unpaired) electrons. The summed E-state index contributed by atoms with van der Waals surface area (Å²) in [6.45, 7) is -0.179. The summed E-state index contributed by atoms with van der Waals surface area (Å²) in [4.78, 5) is 12.7. The highest BCUT2D eigenvalue weighted by Crippen LogP contribution is 2.31. The number of amides is 1. The van der Waals surface area contributed by atoms with Gasteiger partial charge in [0.05, 0.1) is 5.02 Å². The van der Waals surface area contributed by atoms with Gasteiger partial charge in [0.25, 0.3) is 5.91 Å². The number of halogens is 1. The number of hydrogen-bond acceptors (Lipinski definition) is 4. The van der Waals surface area contributed by atoms with Crippen molar-refractivity contribution in [3.63, 3.8) is 0 Å². The van der Waals surface area contributed by atoms with Gasteiger partial charge in [-0.15, -0.1) is 0 Å². The molecule has 0 bridgehead atoms. The number of aliphatic hydroxyl groups is 1. The molecule has 3 aromatic carbocycles. The first-order chi connectivity index (χ1) is 14.5. The van der Waals surface area contributed by atoms with Crippen molar-refractivity contribution in [2.75, 3.05) is 5.32 Å². The molecule has 30 heavy (non-hydrogen) atoms. The number of anilines is 1. The van der Waals surface area contributed by atoms with Crippen LogP contribution in [0.2, 0.25) is 5.02 Å². The van der Waals surface area contributed by atoms with E-state index in [4.69, 9.17) is 33.3 Å². The number of furan rings is 1. The minimum absolute atomic E-state index is 0.164. The molecule has 0 spiro atoms. The fraction of sp³-hybridized carbons (Fsp3) is 0.0435. The van der Waals surface area contributed by atoms with Crippen molar-refractivity contribution in [3.05, 3.63) is 89.1 Å². The summed E-state index contributed by atoms with van der Waals surface area (Å²) in [7, 11) is 0. The lowest BCUT2D eigenvalue weighted by Gasteiger charge is -2.12. The average Bonchev–Trinajstić information content (AvgIpc) is 3.22. The Morgan fingerprint density at radius 2 is 1.83 bits per heavy atom. The Morgan fingerprint density at radius 1 is 1.03 bits per heavy atom. The van der Waals surface area contributed by atoms with Crippen LogP contribution in [-0.2, 0) is 6.61 Å². The Kier molecular flexibility index (Phi) is 5.81. The van der Waals surface area contributed by atoms with E-state index in [0.717, 1.165) is 10.8 Å². The van der Waals surface area contributed by atoms with Gasteiger partial charge in [0, 0.05) is 16.8 Å². The largest absolute Gasteiger partial charge is 0.459 e. The minimum atomic E-state index is -0.292. The van der Waals surface area contributed by atoms with E-state index in [1.165, 1.54) is 0 Å². The van der Waals surface area contributed by atoms with Crippen molar-refractivity contribution in [1.82, 2.24) is 5.32 Å². The number of nitrogens with one attached hydrogen (secondary N) is 2. The third-order valence-corrected chi connectivity index (χ3v) is 5.09. The number of carbonyl (C=O) groups excluding carboxylic acids is 1. The number of rotatable bonds is 4. The predicted octanol–water partition coefficient (Wildman–Crippen LogP) is 5.37. The lowest BCUT2D eigenvalue weighted by molar-refractivity contribution is 0.0979. The summed E-state index contributed by atoms with van der Waals surface area (Å²) < 4.78 is 5.52. The number of thiocarbonyl (C=S) groups is 1. The fourth-order valence-electron chi connectivity index (χ4n) is 3.16. The van der Waals surface area contributed by atoms with E-state index in [1.807, 2.05) is 36.4 Å². The average molecular weight is 437 g/mol. The van der Waals surface area contributed by atoms with Crippen molar-refractivity contribution >= 4 is 51.3 Å². The Morgan fingerprint density at radius 3 is 2.60 bits per heavy atom. The number of hydrogen-bond donors (Lipinski definition) is 3. The Hall–Kier alpha value is -3.19. The van der Waals surface area contributed by atoms with Crippen LogP contribution in [-0.4, -0.2) is 16.1 Å². The molecule has 5 nitrogen and oxygen atoms in total. The summed E-state index contributed by atoms with van der Waals surface area (Å²) >= 11 is 11.7. The summed E-state index contributed by atoms with van der Waals surface area (Å²) in [5.41, 5.74) is 1.86. The van der Waals surface area contributed by atoms with Gasteiger partial charge >= 0.3 is 0 Å². The zero-order valence-electron chi connectivity index (χ0n) is 15.7. The molecule has 1 aromatic heterocycles. The van der Waals surface area contributed by atoms with Gasteiger partial charge in [0.1, 0.15) is 18.1 Å². The van der Waals surface area contributed by atoms with E-state index in [1.54, 1.807) is 36.4 Å². The highest BCUT2D eigenvalue weighted by Gasteiger charge is 2.13. The summed E-state index contributed by atoms with van der Waals surface area (Å²) in [5.74, 6) is 0.724. The molecule has 0 aliphatic heterocycles. The molecule has 0 saturated carbocycles. The van der Waals surface area contributed by atoms with Crippen molar-refractivity contribution in [2.45, 2.75) is 6.61 Å². The number of fused-ring (bicyclic) bond motifs is 1. The number of aliphatic hydroxyl groups excluding tert-OH is 1. The Bertz CT molecular complexity index is 1250. The molecule has 0 aliphatic carbocycles. The van der Waals surface area contributed by atoms with Crippen LogP contribution in [0.15, 0.2) is 77.2 Å². The molecule has 0 unspecified atom stereocenters. The minimum Gasteiger partial charge on any atom is -0.459 e. The third kappa shape index (κ3) is 4.21. The molecule has 4 rings (SSSR count). The van der Waals surface area contributed by atoms with Crippen LogP contribution in [0, 0.1) is 0 Å². The molecule has 1 heterocycles. The molecule has 0 fully saturated rings. The standard InChI is InChI=1S/C23H17ClN2O3S/c24-20-12-15(8-10-19(20)21-11-9-16(13-27)29-21)25-23(30)26-22(28)18-7-3-5-14-4-1-2-6-17(14)18/h1-12,27H,13H2,(H2,25,26,28,30). The topological polar surface area (TPSA) is 74.5 Å². The highest BCUT2D eigenvalue weighted by atomic mass is 35.5. The van der Waals surface area contributed by atoms with Crippen molar-refractivity contribution in [2.24, 2.45) is 0 Å². The molecule has 7 heteroatoms. The second-order valence-electron chi connectivity index (χ2n) is 6.55. The molecular formula is C23H17ClN2O3S. The van der Waals surface area contributed by atoms with Crippen LogP contribution in [0.1, 0.15) is 16.1 Å². The maximum Gasteiger partial charge on any atom is 0.258 e. The van der Waals surface area contributed by atoms with E-state index in [-0.39, 0.29) is 17.6 Å². The predicted molar refractivity (Wildman–Crippen MR) is 123 cm³/mol. The summed E-state index contributed by atoms with van der Waals surface area (Å²) in [6, 6.07) is 21.9. The maximum atomic E-state index is 12.7. The summed E-state index contributed by atoms with van der Waals surface area (Å²) in [6.07, 6.45) is 0. The third-order valence-electron chi connectivity index (χ3n) is 4.57. The first-order valence-corrected chi connectivity index (χ1v) is 9.93. The lowest BCUT2D eigenvalue weighted by atomic mass is 10.0. The molecule has 0 aliphatic rings. The van der Waals surface area contributed by atoms with E-state index in [9.17, 15) is 4.79 Å². The maximum absolute atomic E-state index is 12.7. The Labute approximate surface area is 183 Å². The van der Waals surface area contributed by atoms with Crippen LogP contribution in [0.25, 0.3) is 22.1 Å². The molecule has 3 N–H and O–H groups in total. The second-order valence-corrected chi connectivity index (χ2v) is 7.37. The van der Waals surface area contributed by atoms with Crippen LogP contribution in [0.5, 0.6) is 0 Å². The number of benzene rings is 3. The Balaban J connectivity index is 1.47. The van der Waals surface area contributed by atoms with E-state index in [2.05, 4.69) is 10.6 Å². The number of carbonyl (C=O) groups is 1. The molecular weight excluding hydrogens is 420 g/mol. The zero-order valence-corrected chi connectivity index (χ0v) is 17.3. The monoisotopic (exact) mass is 436 g/mol. The quantitative estimate of drug-likeness (QED) is 0.375. The van der Waals surface area contributed by atoms with Crippen LogP contribution in [0.4, 0.5) is 5.69 Å². The van der Waals surface area contributed by atoms with Gasteiger partial charge < -0.3 is 14.8 Å². The molecule has 1 amide bonds. The van der Waals surface area contributed by atoms with Gasteiger partial charge in [-0.2, -0.15) is 0 Å². The van der Waals surface area contributed by atoms with Gasteiger partial charge in [0.2, 0.25) is 0 Å². The second kappa shape index (κ2) is 8.67. The molecule has 0 atom stereocenters. The SMILES string of the molecule is O=C(NC(=S)Nc1ccc(-c2ccc(CO)o2)c(Cl)c1)c1cccc2ccccc12. The zero-order chi connectivity index (χ0) is 21.1. The first kappa shape index (κ1) is 20.1. The smallest absolute Gasteiger partial charge is 0.258 e. The van der Waals surface area contributed by atoms with Crippen molar-refractivity contribution in [3.8, 4) is 11.3 Å². The molecule has 4 aromatic rings. The van der Waals surface area contributed by atoms with Crippen molar-refractivity contribution < 1.29 is 14.3 Å². The highest BCUT2D eigenvalue weighted by molar-refractivity contribution is 7.80. The molecule has 0 saturated heterocycles. The van der Waals surface area contributed by atoms with Gasteiger partial charge in [0.15, 0.2) is 5.11 Å². The van der Waals surface area contributed by atoms with Crippen molar-refractivity contribution in [1.29, 1.82) is 0 Å². The van der Waals surface area contributed by atoms with E-state index in [0.29, 0.717) is 33.4 Å². The van der Waals surface area contributed by atoms with Gasteiger partial charge in [-0.1, -0.05) is 48.0 Å². The summed E-state index contributed by atoms with van der Waals surface area (Å²) in [5, 5.41) is 17.3.